The van der Waals surface area contributed by atoms with E-state index >= 15 is 0 Å². The van der Waals surface area contributed by atoms with Crippen LogP contribution in [0.4, 0.5) is 0 Å². The van der Waals surface area contributed by atoms with Gasteiger partial charge in [-0.25, -0.2) is 0 Å². The quantitative estimate of drug-likeness (QED) is 0.705. The molecule has 0 amide bonds. The van der Waals surface area contributed by atoms with Crippen LogP contribution in [0, 0.1) is 0 Å². The predicted molar refractivity (Wildman–Crippen MR) is 83.3 cm³/mol. The Labute approximate surface area is 120 Å². The van der Waals surface area contributed by atoms with Gasteiger partial charge in [-0.2, -0.15) is 0 Å². The molecule has 2 aromatic rings. The van der Waals surface area contributed by atoms with Gasteiger partial charge in [0.05, 0.1) is 0 Å². The van der Waals surface area contributed by atoms with Crippen molar-refractivity contribution in [3.8, 4) is 11.1 Å². The van der Waals surface area contributed by atoms with Crippen molar-refractivity contribution >= 4 is 11.9 Å². The number of carbonyl (C=O) groups excluding carboxylic acids is 1. The van der Waals surface area contributed by atoms with E-state index in [0.29, 0.717) is 12.2 Å². The molecule has 0 unspecified atom stereocenters. The van der Waals surface area contributed by atoms with Crippen molar-refractivity contribution in [3.05, 3.63) is 65.7 Å². The van der Waals surface area contributed by atoms with E-state index < -0.39 is 0 Å². The van der Waals surface area contributed by atoms with E-state index in [4.69, 9.17) is 0 Å². The third kappa shape index (κ3) is 2.72. The Morgan fingerprint density at radius 2 is 1.50 bits per heavy atom. The summed E-state index contributed by atoms with van der Waals surface area (Å²) in [6.45, 7) is 0. The number of Topliss-reactive ketones (excluding diaryl/α,β-unsaturated/α-hetero) is 1. The maximum atomic E-state index is 12.0. The maximum absolute atomic E-state index is 12.0. The first kappa shape index (κ1) is 12.9. The minimum absolute atomic E-state index is 0.319. The average molecular weight is 262 g/mol. The lowest BCUT2D eigenvalue weighted by molar-refractivity contribution is -0.116. The van der Waals surface area contributed by atoms with Crippen molar-refractivity contribution in [1.29, 1.82) is 0 Å². The molecular formula is C19H18O. The summed E-state index contributed by atoms with van der Waals surface area (Å²) in [4.78, 5) is 12.0. The highest BCUT2D eigenvalue weighted by Crippen LogP contribution is 2.28. The number of hydrogen-bond donors (Lipinski definition) is 0. The SMILES string of the molecule is O=C1CCCCC1=Cc1ccccc1-c1ccccc1. The van der Waals surface area contributed by atoms with E-state index in [-0.39, 0.29) is 0 Å². The van der Waals surface area contributed by atoms with E-state index in [2.05, 4.69) is 30.3 Å². The fourth-order valence-corrected chi connectivity index (χ4v) is 2.74. The summed E-state index contributed by atoms with van der Waals surface area (Å²) in [5, 5.41) is 0. The lowest BCUT2D eigenvalue weighted by Crippen LogP contribution is -2.08. The first-order valence-electron chi connectivity index (χ1n) is 7.23. The van der Waals surface area contributed by atoms with Gasteiger partial charge in [-0.05, 0) is 47.6 Å². The standard InChI is InChI=1S/C19H18O/c20-19-13-7-5-11-17(19)14-16-10-4-6-12-18(16)15-8-2-1-3-9-15/h1-4,6,8-10,12,14H,5,7,11,13H2. The van der Waals surface area contributed by atoms with E-state index in [1.165, 1.54) is 11.1 Å². The highest BCUT2D eigenvalue weighted by atomic mass is 16.1. The highest BCUT2D eigenvalue weighted by Gasteiger charge is 2.15. The highest BCUT2D eigenvalue weighted by molar-refractivity contribution is 6.00. The molecule has 0 radical (unpaired) electrons. The van der Waals surface area contributed by atoms with Crippen LogP contribution in [0.25, 0.3) is 17.2 Å². The predicted octanol–water partition coefficient (Wildman–Crippen LogP) is 4.88. The lowest BCUT2D eigenvalue weighted by atomic mass is 9.90. The third-order valence-electron chi connectivity index (χ3n) is 3.83. The van der Waals surface area contributed by atoms with E-state index in [1.807, 2.05) is 30.3 Å². The summed E-state index contributed by atoms with van der Waals surface area (Å²) >= 11 is 0. The number of carbonyl (C=O) groups is 1. The molecule has 1 heteroatoms. The van der Waals surface area contributed by atoms with Gasteiger partial charge in [0.15, 0.2) is 5.78 Å². The lowest BCUT2D eigenvalue weighted by Gasteiger charge is -2.14. The van der Waals surface area contributed by atoms with Crippen LogP contribution in [0.1, 0.15) is 31.2 Å². The first-order valence-corrected chi connectivity index (χ1v) is 7.23. The minimum Gasteiger partial charge on any atom is -0.295 e. The molecule has 1 aliphatic rings. The Bertz CT molecular complexity index is 638. The molecule has 20 heavy (non-hydrogen) atoms. The molecule has 0 atom stereocenters. The molecule has 1 nitrogen and oxygen atoms in total. The van der Waals surface area contributed by atoms with E-state index in [0.717, 1.165) is 30.4 Å². The van der Waals surface area contributed by atoms with Crippen LogP contribution in [-0.2, 0) is 4.79 Å². The van der Waals surface area contributed by atoms with Gasteiger partial charge in [-0.3, -0.25) is 4.79 Å². The molecule has 0 aromatic heterocycles. The molecule has 1 fully saturated rings. The molecule has 1 aliphatic carbocycles. The summed E-state index contributed by atoms with van der Waals surface area (Å²) in [6, 6.07) is 18.6. The number of benzene rings is 2. The van der Waals surface area contributed by atoms with Crippen molar-refractivity contribution < 1.29 is 4.79 Å². The average Bonchev–Trinajstić information content (AvgIpc) is 2.51. The zero-order valence-electron chi connectivity index (χ0n) is 11.5. The van der Waals surface area contributed by atoms with Crippen LogP contribution in [0.2, 0.25) is 0 Å². The smallest absolute Gasteiger partial charge is 0.158 e. The molecule has 0 heterocycles. The largest absolute Gasteiger partial charge is 0.295 e. The Hall–Kier alpha value is -2.15. The number of ketones is 1. The monoisotopic (exact) mass is 262 g/mol. The second-order valence-corrected chi connectivity index (χ2v) is 5.25. The first-order chi connectivity index (χ1) is 9.84. The van der Waals surface area contributed by atoms with Crippen LogP contribution in [0.5, 0.6) is 0 Å². The van der Waals surface area contributed by atoms with Crippen molar-refractivity contribution in [2.24, 2.45) is 0 Å². The van der Waals surface area contributed by atoms with Gasteiger partial charge in [-0.15, -0.1) is 0 Å². The summed E-state index contributed by atoms with van der Waals surface area (Å²) < 4.78 is 0. The number of rotatable bonds is 2. The molecule has 0 bridgehead atoms. The zero-order valence-corrected chi connectivity index (χ0v) is 11.5. The van der Waals surface area contributed by atoms with Crippen molar-refractivity contribution in [1.82, 2.24) is 0 Å². The van der Waals surface area contributed by atoms with Gasteiger partial charge >= 0.3 is 0 Å². The van der Waals surface area contributed by atoms with Gasteiger partial charge in [0.25, 0.3) is 0 Å². The molecule has 0 saturated heterocycles. The Balaban J connectivity index is 2.02. The molecule has 2 aromatic carbocycles. The Morgan fingerprint density at radius 3 is 2.30 bits per heavy atom. The number of allylic oxidation sites excluding steroid dienone is 1. The molecule has 0 aliphatic heterocycles. The molecule has 0 N–H and O–H groups in total. The van der Waals surface area contributed by atoms with Crippen LogP contribution < -0.4 is 0 Å². The number of hydrogen-bond acceptors (Lipinski definition) is 1. The molecule has 0 spiro atoms. The van der Waals surface area contributed by atoms with Crippen molar-refractivity contribution in [2.75, 3.05) is 0 Å². The molecule has 1 saturated carbocycles. The van der Waals surface area contributed by atoms with Gasteiger partial charge in [0.1, 0.15) is 0 Å². The van der Waals surface area contributed by atoms with Gasteiger partial charge < -0.3 is 0 Å². The summed E-state index contributed by atoms with van der Waals surface area (Å²) in [5.74, 6) is 0.319. The molecule has 100 valence electrons. The second-order valence-electron chi connectivity index (χ2n) is 5.25. The van der Waals surface area contributed by atoms with Gasteiger partial charge in [0, 0.05) is 6.42 Å². The topological polar surface area (TPSA) is 17.1 Å². The second kappa shape index (κ2) is 5.87. The zero-order chi connectivity index (χ0) is 13.8. The third-order valence-corrected chi connectivity index (χ3v) is 3.83. The van der Waals surface area contributed by atoms with Crippen LogP contribution in [0.3, 0.4) is 0 Å². The molecule has 3 rings (SSSR count). The van der Waals surface area contributed by atoms with E-state index in [1.54, 1.807) is 0 Å². The summed E-state index contributed by atoms with van der Waals surface area (Å²) in [7, 11) is 0. The van der Waals surface area contributed by atoms with E-state index in [9.17, 15) is 4.79 Å². The normalized spacial score (nSPS) is 17.4. The van der Waals surface area contributed by atoms with Crippen LogP contribution in [-0.4, -0.2) is 5.78 Å². The fraction of sp³-hybridized carbons (Fsp3) is 0.211. The molecular weight excluding hydrogens is 244 g/mol. The Kier molecular flexibility index (Phi) is 3.78. The Morgan fingerprint density at radius 1 is 0.800 bits per heavy atom. The van der Waals surface area contributed by atoms with Gasteiger partial charge in [-0.1, -0.05) is 54.6 Å². The summed E-state index contributed by atoms with van der Waals surface area (Å²) in [5.41, 5.74) is 4.52. The van der Waals surface area contributed by atoms with Crippen molar-refractivity contribution in [3.63, 3.8) is 0 Å². The minimum atomic E-state index is 0.319. The van der Waals surface area contributed by atoms with Crippen molar-refractivity contribution in [2.45, 2.75) is 25.7 Å². The summed E-state index contributed by atoms with van der Waals surface area (Å²) in [6.07, 6.45) is 5.88. The van der Waals surface area contributed by atoms with Gasteiger partial charge in [0.2, 0.25) is 0 Å². The van der Waals surface area contributed by atoms with Crippen LogP contribution >= 0.6 is 0 Å². The van der Waals surface area contributed by atoms with Crippen LogP contribution in [0.15, 0.2) is 60.2 Å². The fourth-order valence-electron chi connectivity index (χ4n) is 2.74. The maximum Gasteiger partial charge on any atom is 0.158 e.